The normalized spacial score (nSPS) is 16.4. The Balaban J connectivity index is 1.78. The molecule has 0 aliphatic carbocycles. The second-order valence-corrected chi connectivity index (χ2v) is 6.95. The fourth-order valence-electron chi connectivity index (χ4n) is 3.60. The number of carbonyl (C=O) groups excluding carboxylic acids is 1. The van der Waals surface area contributed by atoms with Crippen molar-refractivity contribution in [3.05, 3.63) is 45.8 Å². The second kappa shape index (κ2) is 7.28. The van der Waals surface area contributed by atoms with Gasteiger partial charge in [-0.1, -0.05) is 0 Å². The van der Waals surface area contributed by atoms with E-state index in [1.165, 1.54) is 12.1 Å². The maximum absolute atomic E-state index is 14.2. The first kappa shape index (κ1) is 19.1. The number of fused-ring (bicyclic) bond motifs is 1. The van der Waals surface area contributed by atoms with E-state index in [0.717, 1.165) is 6.42 Å². The molecule has 1 aromatic carbocycles. The SMILES string of the molecule is CCn1c(=O)n([C@@H]2CCOC2)c2nc(Nc3cc(F)c(C(N)=O)cc3C)ncc21. The number of aryl methyl sites for hydroxylation is 2. The van der Waals surface area contributed by atoms with Crippen molar-refractivity contribution in [3.63, 3.8) is 0 Å². The minimum Gasteiger partial charge on any atom is -0.379 e. The average molecular weight is 400 g/mol. The number of carbonyl (C=O) groups is 1. The highest BCUT2D eigenvalue weighted by molar-refractivity contribution is 5.94. The molecule has 1 saturated heterocycles. The topological polar surface area (TPSA) is 117 Å². The molecule has 2 aromatic heterocycles. The molecule has 0 radical (unpaired) electrons. The van der Waals surface area contributed by atoms with E-state index in [2.05, 4.69) is 15.3 Å². The number of halogens is 1. The van der Waals surface area contributed by atoms with Gasteiger partial charge in [-0.3, -0.25) is 13.9 Å². The van der Waals surface area contributed by atoms with Crippen molar-refractivity contribution in [3.8, 4) is 0 Å². The van der Waals surface area contributed by atoms with Gasteiger partial charge in [-0.2, -0.15) is 4.98 Å². The van der Waals surface area contributed by atoms with Gasteiger partial charge >= 0.3 is 5.69 Å². The lowest BCUT2D eigenvalue weighted by Gasteiger charge is -2.12. The molecule has 0 unspecified atom stereocenters. The van der Waals surface area contributed by atoms with Crippen LogP contribution in [0.5, 0.6) is 0 Å². The molecule has 3 aromatic rings. The van der Waals surface area contributed by atoms with Crippen LogP contribution in [0.25, 0.3) is 11.2 Å². The molecule has 1 amide bonds. The molecular weight excluding hydrogens is 379 g/mol. The fourth-order valence-corrected chi connectivity index (χ4v) is 3.60. The van der Waals surface area contributed by atoms with Crippen LogP contribution in [-0.2, 0) is 11.3 Å². The summed E-state index contributed by atoms with van der Waals surface area (Å²) in [5.74, 6) is -1.35. The number of rotatable bonds is 5. The first-order chi connectivity index (χ1) is 13.9. The van der Waals surface area contributed by atoms with E-state index in [0.29, 0.717) is 42.2 Å². The van der Waals surface area contributed by atoms with Gasteiger partial charge in [0.2, 0.25) is 5.95 Å². The predicted octanol–water partition coefficient (Wildman–Crippen LogP) is 1.86. The number of nitrogens with one attached hydrogen (secondary N) is 1. The number of primary amides is 1. The van der Waals surface area contributed by atoms with Gasteiger partial charge in [-0.05, 0) is 38.0 Å². The molecule has 0 saturated carbocycles. The van der Waals surface area contributed by atoms with Gasteiger partial charge < -0.3 is 15.8 Å². The van der Waals surface area contributed by atoms with E-state index in [1.54, 1.807) is 22.3 Å². The van der Waals surface area contributed by atoms with Crippen molar-refractivity contribution in [2.75, 3.05) is 18.5 Å². The molecule has 3 N–H and O–H groups in total. The number of ether oxygens (including phenoxy) is 1. The zero-order chi connectivity index (χ0) is 20.7. The average Bonchev–Trinajstić information content (AvgIpc) is 3.29. The van der Waals surface area contributed by atoms with Crippen LogP contribution in [0.1, 0.15) is 35.3 Å². The van der Waals surface area contributed by atoms with Crippen molar-refractivity contribution < 1.29 is 13.9 Å². The predicted molar refractivity (Wildman–Crippen MR) is 105 cm³/mol. The summed E-state index contributed by atoms with van der Waals surface area (Å²) in [6, 6.07) is 2.46. The summed E-state index contributed by atoms with van der Waals surface area (Å²) in [6.45, 7) is 5.14. The molecule has 1 aliphatic heterocycles. The van der Waals surface area contributed by atoms with Gasteiger partial charge in [-0.15, -0.1) is 0 Å². The molecule has 0 bridgehead atoms. The van der Waals surface area contributed by atoms with Gasteiger partial charge in [0.05, 0.1) is 24.4 Å². The van der Waals surface area contributed by atoms with Crippen molar-refractivity contribution in [1.82, 2.24) is 19.1 Å². The molecule has 4 rings (SSSR count). The highest BCUT2D eigenvalue weighted by atomic mass is 19.1. The monoisotopic (exact) mass is 400 g/mol. The number of benzene rings is 1. The molecule has 1 aliphatic rings. The third kappa shape index (κ3) is 3.25. The first-order valence-corrected chi connectivity index (χ1v) is 9.33. The largest absolute Gasteiger partial charge is 0.379 e. The van der Waals surface area contributed by atoms with Gasteiger partial charge in [0.25, 0.3) is 5.91 Å². The number of hydrogen-bond acceptors (Lipinski definition) is 6. The Kier molecular flexibility index (Phi) is 4.79. The fraction of sp³-hybridized carbons (Fsp3) is 0.368. The van der Waals surface area contributed by atoms with Crippen molar-refractivity contribution in [2.24, 2.45) is 5.73 Å². The van der Waals surface area contributed by atoms with Crippen molar-refractivity contribution >= 4 is 28.7 Å². The third-order valence-electron chi connectivity index (χ3n) is 5.12. The summed E-state index contributed by atoms with van der Waals surface area (Å²) in [7, 11) is 0. The number of nitrogens with zero attached hydrogens (tertiary/aromatic N) is 4. The minimum absolute atomic E-state index is 0.0884. The van der Waals surface area contributed by atoms with Gasteiger partial charge in [0, 0.05) is 18.8 Å². The van der Waals surface area contributed by atoms with E-state index in [4.69, 9.17) is 10.5 Å². The molecule has 29 heavy (non-hydrogen) atoms. The molecule has 152 valence electrons. The smallest absolute Gasteiger partial charge is 0.330 e. The van der Waals surface area contributed by atoms with E-state index in [1.807, 2.05) is 6.92 Å². The number of amides is 1. The van der Waals surface area contributed by atoms with Crippen LogP contribution < -0.4 is 16.7 Å². The number of aromatic nitrogens is 4. The van der Waals surface area contributed by atoms with Crippen molar-refractivity contribution in [1.29, 1.82) is 0 Å². The summed E-state index contributed by atoms with van der Waals surface area (Å²) in [6.07, 6.45) is 2.31. The third-order valence-corrected chi connectivity index (χ3v) is 5.12. The molecular formula is C19H21FN6O3. The maximum Gasteiger partial charge on any atom is 0.330 e. The molecule has 10 heteroatoms. The Morgan fingerprint density at radius 1 is 1.45 bits per heavy atom. The summed E-state index contributed by atoms with van der Waals surface area (Å²) in [5.41, 5.74) is 6.98. The summed E-state index contributed by atoms with van der Waals surface area (Å²) < 4.78 is 22.9. The summed E-state index contributed by atoms with van der Waals surface area (Å²) in [4.78, 5) is 33.0. The van der Waals surface area contributed by atoms with E-state index < -0.39 is 11.7 Å². The van der Waals surface area contributed by atoms with Crippen LogP contribution in [0.4, 0.5) is 16.0 Å². The molecule has 1 fully saturated rings. The van der Waals surface area contributed by atoms with Crippen LogP contribution >= 0.6 is 0 Å². The van der Waals surface area contributed by atoms with Crippen LogP contribution in [-0.4, -0.2) is 38.2 Å². The zero-order valence-electron chi connectivity index (χ0n) is 16.1. The highest BCUT2D eigenvalue weighted by Crippen LogP contribution is 2.25. The van der Waals surface area contributed by atoms with Crippen LogP contribution in [0.15, 0.2) is 23.1 Å². The van der Waals surface area contributed by atoms with E-state index in [9.17, 15) is 14.0 Å². The number of imidazole rings is 1. The lowest BCUT2D eigenvalue weighted by Crippen LogP contribution is -2.27. The molecule has 1 atom stereocenters. The highest BCUT2D eigenvalue weighted by Gasteiger charge is 2.25. The summed E-state index contributed by atoms with van der Waals surface area (Å²) in [5, 5.41) is 2.97. The molecule has 9 nitrogen and oxygen atoms in total. The van der Waals surface area contributed by atoms with E-state index in [-0.39, 0.29) is 23.2 Å². The quantitative estimate of drug-likeness (QED) is 0.675. The lowest BCUT2D eigenvalue weighted by atomic mass is 10.1. The molecule has 0 spiro atoms. The second-order valence-electron chi connectivity index (χ2n) is 6.95. The van der Waals surface area contributed by atoms with Crippen molar-refractivity contribution in [2.45, 2.75) is 32.9 Å². The lowest BCUT2D eigenvalue weighted by molar-refractivity contribution is 0.0996. The van der Waals surface area contributed by atoms with E-state index >= 15 is 0 Å². The number of hydrogen-bond donors (Lipinski definition) is 2. The van der Waals surface area contributed by atoms with Gasteiger partial charge in [0.15, 0.2) is 5.65 Å². The molecule has 3 heterocycles. The Bertz CT molecular complexity index is 1160. The Labute approximate surface area is 165 Å². The van der Waals surface area contributed by atoms with Gasteiger partial charge in [-0.25, -0.2) is 14.2 Å². The minimum atomic E-state index is -0.835. The number of anilines is 2. The van der Waals surface area contributed by atoms with Crippen LogP contribution in [0.2, 0.25) is 0 Å². The summed E-state index contributed by atoms with van der Waals surface area (Å²) >= 11 is 0. The standard InChI is InChI=1S/C19H21FN6O3/c1-3-25-15-8-22-18(23-14-7-13(20)12(16(21)27)6-10(14)2)24-17(15)26(19(25)28)11-4-5-29-9-11/h6-8,11H,3-5,9H2,1-2H3,(H2,21,27)(H,22,23,24)/t11-/m1/s1. The van der Waals surface area contributed by atoms with Crippen LogP contribution in [0.3, 0.4) is 0 Å². The Morgan fingerprint density at radius 2 is 2.24 bits per heavy atom. The zero-order valence-corrected chi connectivity index (χ0v) is 16.1. The maximum atomic E-state index is 14.2. The van der Waals surface area contributed by atoms with Crippen LogP contribution in [0, 0.1) is 12.7 Å². The van der Waals surface area contributed by atoms with Gasteiger partial charge in [0.1, 0.15) is 11.3 Å². The Morgan fingerprint density at radius 3 is 2.90 bits per heavy atom. The number of nitrogens with two attached hydrogens (primary N) is 1. The first-order valence-electron chi connectivity index (χ1n) is 9.33. The Hall–Kier alpha value is -3.27.